The molecule has 0 atom stereocenters. The van der Waals surface area contributed by atoms with Gasteiger partial charge in [0.25, 0.3) is 0 Å². The molecule has 0 spiro atoms. The minimum Gasteiger partial charge on any atom is -0.0622 e. The zero-order chi connectivity index (χ0) is 12.3. The molecule has 0 unspecified atom stereocenters. The van der Waals surface area contributed by atoms with Crippen molar-refractivity contribution in [2.45, 2.75) is 27.2 Å². The molecule has 0 amide bonds. The Labute approximate surface area is 104 Å². The number of hydrogen-bond acceptors (Lipinski definition) is 0. The van der Waals surface area contributed by atoms with Crippen molar-refractivity contribution in [1.29, 1.82) is 0 Å². The lowest BCUT2D eigenvalue weighted by molar-refractivity contribution is 0.412. The van der Waals surface area contributed by atoms with Crippen LogP contribution in [0.5, 0.6) is 0 Å². The smallest absolute Gasteiger partial charge is 0.0152 e. The van der Waals surface area contributed by atoms with E-state index in [4.69, 9.17) is 0 Å². The van der Waals surface area contributed by atoms with E-state index in [1.54, 1.807) is 0 Å². The fourth-order valence-electron chi connectivity index (χ4n) is 2.15. The van der Waals surface area contributed by atoms with E-state index in [0.29, 0.717) is 5.41 Å². The Hall–Kier alpha value is -1.56. The van der Waals surface area contributed by atoms with Crippen LogP contribution in [0.1, 0.15) is 26.3 Å². The van der Waals surface area contributed by atoms with Crippen LogP contribution in [-0.4, -0.2) is 0 Å². The monoisotopic (exact) mass is 224 g/mol. The molecule has 0 bridgehead atoms. The Bertz CT molecular complexity index is 475. The normalized spacial score (nSPS) is 11.5. The molecular formula is C17H20. The molecule has 0 saturated carbocycles. The van der Waals surface area contributed by atoms with E-state index in [0.717, 1.165) is 6.42 Å². The molecule has 0 radical (unpaired) electrons. The minimum absolute atomic E-state index is 0.324. The molecule has 17 heavy (non-hydrogen) atoms. The van der Waals surface area contributed by atoms with Gasteiger partial charge in [-0.25, -0.2) is 0 Å². The molecule has 0 aliphatic rings. The van der Waals surface area contributed by atoms with Gasteiger partial charge >= 0.3 is 0 Å². The van der Waals surface area contributed by atoms with Gasteiger partial charge in [0.05, 0.1) is 0 Å². The maximum absolute atomic E-state index is 2.29. The standard InChI is InChI=1S/C17H20/c1-17(2,3)13-15-11-7-8-12-16(15)14-9-5-4-6-10-14/h4-12H,13H2,1-3H3. The lowest BCUT2D eigenvalue weighted by Crippen LogP contribution is -2.09. The van der Waals surface area contributed by atoms with Crippen LogP contribution < -0.4 is 0 Å². The number of rotatable bonds is 2. The van der Waals surface area contributed by atoms with Gasteiger partial charge in [-0.15, -0.1) is 0 Å². The molecule has 0 fully saturated rings. The molecule has 88 valence electrons. The van der Waals surface area contributed by atoms with E-state index >= 15 is 0 Å². The van der Waals surface area contributed by atoms with Gasteiger partial charge in [-0.1, -0.05) is 75.4 Å². The number of hydrogen-bond donors (Lipinski definition) is 0. The van der Waals surface area contributed by atoms with Gasteiger partial charge in [-0.05, 0) is 28.5 Å². The zero-order valence-electron chi connectivity index (χ0n) is 10.9. The van der Waals surface area contributed by atoms with Crippen LogP contribution in [0.4, 0.5) is 0 Å². The van der Waals surface area contributed by atoms with Crippen molar-refractivity contribution in [3.63, 3.8) is 0 Å². The lowest BCUT2D eigenvalue weighted by atomic mass is 9.85. The molecule has 0 heteroatoms. The van der Waals surface area contributed by atoms with Crippen molar-refractivity contribution in [3.8, 4) is 11.1 Å². The van der Waals surface area contributed by atoms with Crippen molar-refractivity contribution in [2.75, 3.05) is 0 Å². The topological polar surface area (TPSA) is 0 Å². The van der Waals surface area contributed by atoms with E-state index in [-0.39, 0.29) is 0 Å². The second-order valence-electron chi connectivity index (χ2n) is 5.76. The van der Waals surface area contributed by atoms with Gasteiger partial charge in [-0.2, -0.15) is 0 Å². The first-order chi connectivity index (χ1) is 8.06. The Kier molecular flexibility index (Phi) is 3.33. The van der Waals surface area contributed by atoms with Crippen LogP contribution >= 0.6 is 0 Å². The quantitative estimate of drug-likeness (QED) is 0.677. The van der Waals surface area contributed by atoms with Gasteiger partial charge in [0.1, 0.15) is 0 Å². The third-order valence-electron chi connectivity index (χ3n) is 2.82. The predicted molar refractivity (Wildman–Crippen MR) is 75.0 cm³/mol. The largest absolute Gasteiger partial charge is 0.0622 e. The summed E-state index contributed by atoms with van der Waals surface area (Å²) in [4.78, 5) is 0. The highest BCUT2D eigenvalue weighted by Gasteiger charge is 2.14. The summed E-state index contributed by atoms with van der Waals surface area (Å²) in [5, 5.41) is 0. The zero-order valence-corrected chi connectivity index (χ0v) is 10.9. The first-order valence-corrected chi connectivity index (χ1v) is 6.20. The van der Waals surface area contributed by atoms with Crippen LogP contribution in [0.15, 0.2) is 54.6 Å². The summed E-state index contributed by atoms with van der Waals surface area (Å²) in [7, 11) is 0. The van der Waals surface area contributed by atoms with E-state index < -0.39 is 0 Å². The van der Waals surface area contributed by atoms with Gasteiger partial charge in [0.2, 0.25) is 0 Å². The molecule has 2 aromatic carbocycles. The molecule has 0 nitrogen and oxygen atoms in total. The molecule has 0 aromatic heterocycles. The molecule has 0 saturated heterocycles. The minimum atomic E-state index is 0.324. The second kappa shape index (κ2) is 4.75. The molecule has 0 aliphatic heterocycles. The molecule has 2 aromatic rings. The Balaban J connectivity index is 2.41. The third-order valence-corrected chi connectivity index (χ3v) is 2.82. The summed E-state index contributed by atoms with van der Waals surface area (Å²) in [6.45, 7) is 6.86. The van der Waals surface area contributed by atoms with Crippen LogP contribution in [-0.2, 0) is 6.42 Å². The number of benzene rings is 2. The SMILES string of the molecule is CC(C)(C)Cc1ccccc1-c1ccccc1. The van der Waals surface area contributed by atoms with Crippen molar-refractivity contribution in [2.24, 2.45) is 5.41 Å². The highest BCUT2D eigenvalue weighted by molar-refractivity contribution is 5.67. The summed E-state index contributed by atoms with van der Waals surface area (Å²) >= 11 is 0. The highest BCUT2D eigenvalue weighted by atomic mass is 14.2. The summed E-state index contributed by atoms with van der Waals surface area (Å²) in [6, 6.07) is 19.3. The van der Waals surface area contributed by atoms with Crippen molar-refractivity contribution >= 4 is 0 Å². The maximum atomic E-state index is 2.29. The van der Waals surface area contributed by atoms with E-state index in [1.165, 1.54) is 16.7 Å². The van der Waals surface area contributed by atoms with Gasteiger partial charge in [-0.3, -0.25) is 0 Å². The van der Waals surface area contributed by atoms with Crippen LogP contribution in [0.3, 0.4) is 0 Å². The third kappa shape index (κ3) is 3.20. The van der Waals surface area contributed by atoms with Gasteiger partial charge < -0.3 is 0 Å². The maximum Gasteiger partial charge on any atom is -0.0152 e. The van der Waals surface area contributed by atoms with E-state index in [9.17, 15) is 0 Å². The van der Waals surface area contributed by atoms with Crippen molar-refractivity contribution in [1.82, 2.24) is 0 Å². The Morgan fingerprint density at radius 1 is 0.765 bits per heavy atom. The average molecular weight is 224 g/mol. The molecule has 0 N–H and O–H groups in total. The van der Waals surface area contributed by atoms with Crippen molar-refractivity contribution < 1.29 is 0 Å². The van der Waals surface area contributed by atoms with Crippen LogP contribution in [0, 0.1) is 5.41 Å². The van der Waals surface area contributed by atoms with E-state index in [1.807, 2.05) is 0 Å². The average Bonchev–Trinajstić information content (AvgIpc) is 2.29. The highest BCUT2D eigenvalue weighted by Crippen LogP contribution is 2.29. The summed E-state index contributed by atoms with van der Waals surface area (Å²) in [6.07, 6.45) is 1.11. The van der Waals surface area contributed by atoms with Gasteiger partial charge in [0.15, 0.2) is 0 Å². The fourth-order valence-corrected chi connectivity index (χ4v) is 2.15. The Morgan fingerprint density at radius 3 is 2.00 bits per heavy atom. The first kappa shape index (κ1) is 11.9. The van der Waals surface area contributed by atoms with Gasteiger partial charge in [0, 0.05) is 0 Å². The lowest BCUT2D eigenvalue weighted by Gasteiger charge is -2.20. The summed E-state index contributed by atoms with van der Waals surface area (Å²) in [5.74, 6) is 0. The molecule has 0 heterocycles. The van der Waals surface area contributed by atoms with Crippen LogP contribution in [0.25, 0.3) is 11.1 Å². The summed E-state index contributed by atoms with van der Waals surface area (Å²) < 4.78 is 0. The molecule has 2 rings (SSSR count). The van der Waals surface area contributed by atoms with Crippen LogP contribution in [0.2, 0.25) is 0 Å². The first-order valence-electron chi connectivity index (χ1n) is 6.20. The van der Waals surface area contributed by atoms with E-state index in [2.05, 4.69) is 75.4 Å². The predicted octanol–water partition coefficient (Wildman–Crippen LogP) is 4.94. The molecular weight excluding hydrogens is 204 g/mol. The van der Waals surface area contributed by atoms with Crippen molar-refractivity contribution in [3.05, 3.63) is 60.2 Å². The fraction of sp³-hybridized carbons (Fsp3) is 0.294. The molecule has 0 aliphatic carbocycles. The Morgan fingerprint density at radius 2 is 1.35 bits per heavy atom. The second-order valence-corrected chi connectivity index (χ2v) is 5.76. The summed E-state index contributed by atoms with van der Waals surface area (Å²) in [5.41, 5.74) is 4.44.